The third-order valence-corrected chi connectivity index (χ3v) is 5.02. The predicted molar refractivity (Wildman–Crippen MR) is 79.6 cm³/mol. The molecule has 0 spiro atoms. The Kier molecular flexibility index (Phi) is 5.29. The monoisotopic (exact) mass is 335 g/mol. The molecule has 0 unspecified atom stereocenters. The van der Waals surface area contributed by atoms with Crippen LogP contribution in [-0.2, 0) is 16.0 Å². The molecule has 1 amide bonds. The Bertz CT molecular complexity index is 518. The number of carboxylic acid groups (broad SMARTS) is 1. The van der Waals surface area contributed by atoms with Gasteiger partial charge in [0.15, 0.2) is 0 Å². The molecule has 0 bridgehead atoms. The second-order valence-corrected chi connectivity index (χ2v) is 7.15. The molecule has 0 saturated carbocycles. The topological polar surface area (TPSA) is 57.6 Å². The smallest absolute Gasteiger partial charge is 0.308 e. The average molecular weight is 336 g/mol. The van der Waals surface area contributed by atoms with Crippen LogP contribution in [0.25, 0.3) is 0 Å². The summed E-state index contributed by atoms with van der Waals surface area (Å²) in [5.74, 6) is -1.21. The Morgan fingerprint density at radius 2 is 2.20 bits per heavy atom. The van der Waals surface area contributed by atoms with E-state index in [9.17, 15) is 9.59 Å². The largest absolute Gasteiger partial charge is 0.481 e. The zero-order valence-corrected chi connectivity index (χ0v) is 13.1. The van der Waals surface area contributed by atoms with Crippen LogP contribution in [-0.4, -0.2) is 35.0 Å². The van der Waals surface area contributed by atoms with Gasteiger partial charge in [-0.2, -0.15) is 0 Å². The van der Waals surface area contributed by atoms with Crippen molar-refractivity contribution in [2.45, 2.75) is 25.7 Å². The van der Waals surface area contributed by atoms with Crippen molar-refractivity contribution in [2.75, 3.05) is 13.1 Å². The molecule has 4 nitrogen and oxygen atoms in total. The fourth-order valence-electron chi connectivity index (χ4n) is 2.32. The molecule has 7 heteroatoms. The molecular weight excluding hydrogens is 321 g/mol. The molecule has 1 aliphatic heterocycles. The third kappa shape index (κ3) is 3.87. The summed E-state index contributed by atoms with van der Waals surface area (Å²) < 4.78 is 1.33. The summed E-state index contributed by atoms with van der Waals surface area (Å²) in [6, 6.07) is 1.83. The molecule has 1 aliphatic rings. The van der Waals surface area contributed by atoms with Crippen molar-refractivity contribution < 1.29 is 14.7 Å². The fourth-order valence-corrected chi connectivity index (χ4v) is 3.87. The van der Waals surface area contributed by atoms with Crippen LogP contribution in [0.1, 0.15) is 24.8 Å². The van der Waals surface area contributed by atoms with Gasteiger partial charge in [-0.15, -0.1) is 11.3 Å². The van der Waals surface area contributed by atoms with Crippen molar-refractivity contribution in [1.82, 2.24) is 4.90 Å². The lowest BCUT2D eigenvalue weighted by atomic mass is 10.1. The van der Waals surface area contributed by atoms with E-state index in [1.165, 1.54) is 11.3 Å². The molecule has 1 N–H and O–H groups in total. The molecule has 2 heterocycles. The first kappa shape index (κ1) is 15.6. The maximum Gasteiger partial charge on any atom is 0.308 e. The standard InChI is InChI=1S/C13H15Cl2NO3S/c14-10-6-8(12(15)20-10)2-1-3-11(17)16-5-4-9(7-16)13(18)19/h6,9H,1-5,7H2,(H,18,19)/t9-/m1/s1. The van der Waals surface area contributed by atoms with E-state index >= 15 is 0 Å². The van der Waals surface area contributed by atoms with Crippen LogP contribution in [0, 0.1) is 5.92 Å². The molecule has 1 aromatic rings. The van der Waals surface area contributed by atoms with Crippen molar-refractivity contribution in [3.8, 4) is 0 Å². The van der Waals surface area contributed by atoms with E-state index in [-0.39, 0.29) is 5.91 Å². The summed E-state index contributed by atoms with van der Waals surface area (Å²) in [4.78, 5) is 24.5. The number of carbonyl (C=O) groups is 2. The Labute approximate surface area is 131 Å². The zero-order chi connectivity index (χ0) is 14.7. The van der Waals surface area contributed by atoms with Gasteiger partial charge in [0.1, 0.15) is 0 Å². The number of nitrogens with zero attached hydrogens (tertiary/aromatic N) is 1. The molecule has 1 atom stereocenters. The van der Waals surface area contributed by atoms with Crippen LogP contribution in [0.3, 0.4) is 0 Å². The van der Waals surface area contributed by atoms with Gasteiger partial charge in [-0.25, -0.2) is 0 Å². The van der Waals surface area contributed by atoms with Gasteiger partial charge in [-0.05, 0) is 30.9 Å². The second kappa shape index (κ2) is 6.78. The minimum atomic E-state index is -0.819. The Morgan fingerprint density at radius 3 is 2.75 bits per heavy atom. The van der Waals surface area contributed by atoms with Gasteiger partial charge in [-0.1, -0.05) is 23.2 Å². The zero-order valence-electron chi connectivity index (χ0n) is 10.8. The van der Waals surface area contributed by atoms with Crippen molar-refractivity contribution in [3.63, 3.8) is 0 Å². The first-order valence-corrected chi connectivity index (χ1v) is 7.99. The van der Waals surface area contributed by atoms with Gasteiger partial charge in [0, 0.05) is 19.5 Å². The van der Waals surface area contributed by atoms with Crippen LogP contribution in [0.4, 0.5) is 0 Å². The molecule has 2 rings (SSSR count). The minimum Gasteiger partial charge on any atom is -0.481 e. The molecular formula is C13H15Cl2NO3S. The average Bonchev–Trinajstić information content (AvgIpc) is 2.97. The molecule has 20 heavy (non-hydrogen) atoms. The molecule has 0 radical (unpaired) electrons. The highest BCUT2D eigenvalue weighted by Gasteiger charge is 2.30. The summed E-state index contributed by atoms with van der Waals surface area (Å²) in [5, 5.41) is 8.91. The van der Waals surface area contributed by atoms with Crippen LogP contribution in [0.2, 0.25) is 8.67 Å². The van der Waals surface area contributed by atoms with Crippen LogP contribution >= 0.6 is 34.5 Å². The van der Waals surface area contributed by atoms with Gasteiger partial charge in [0.05, 0.1) is 14.6 Å². The van der Waals surface area contributed by atoms with E-state index in [1.807, 2.05) is 6.07 Å². The van der Waals surface area contributed by atoms with Crippen molar-refractivity contribution >= 4 is 46.4 Å². The fraction of sp³-hybridized carbons (Fsp3) is 0.538. The van der Waals surface area contributed by atoms with Crippen molar-refractivity contribution in [1.29, 1.82) is 0 Å². The summed E-state index contributed by atoms with van der Waals surface area (Å²) >= 11 is 13.2. The molecule has 1 fully saturated rings. The van der Waals surface area contributed by atoms with E-state index in [4.69, 9.17) is 28.3 Å². The number of carbonyl (C=O) groups excluding carboxylic acids is 1. The third-order valence-electron chi connectivity index (χ3n) is 3.45. The number of hydrogen-bond donors (Lipinski definition) is 1. The van der Waals surface area contributed by atoms with E-state index in [0.717, 1.165) is 5.56 Å². The number of amides is 1. The highest BCUT2D eigenvalue weighted by Crippen LogP contribution is 2.32. The lowest BCUT2D eigenvalue weighted by Crippen LogP contribution is -2.29. The number of halogens is 2. The molecule has 0 aliphatic carbocycles. The Hall–Kier alpha value is -0.780. The SMILES string of the molecule is O=C(O)[C@@H]1CCN(C(=O)CCCc2cc(Cl)sc2Cl)C1. The van der Waals surface area contributed by atoms with Gasteiger partial charge < -0.3 is 10.0 Å². The lowest BCUT2D eigenvalue weighted by Gasteiger charge is -2.15. The van der Waals surface area contributed by atoms with Crippen molar-refractivity contribution in [2.24, 2.45) is 5.92 Å². The summed E-state index contributed by atoms with van der Waals surface area (Å²) in [6.07, 6.45) is 2.37. The van der Waals surface area contributed by atoms with Gasteiger partial charge in [0.25, 0.3) is 0 Å². The Balaban J connectivity index is 1.76. The van der Waals surface area contributed by atoms with Crippen LogP contribution < -0.4 is 0 Å². The van der Waals surface area contributed by atoms with E-state index in [0.29, 0.717) is 47.4 Å². The molecule has 1 saturated heterocycles. The molecule has 110 valence electrons. The number of carboxylic acids is 1. The highest BCUT2D eigenvalue weighted by atomic mass is 35.5. The van der Waals surface area contributed by atoms with E-state index in [1.54, 1.807) is 4.90 Å². The predicted octanol–water partition coefficient (Wildman–Crippen LogP) is 3.31. The number of aryl methyl sites for hydroxylation is 1. The summed E-state index contributed by atoms with van der Waals surface area (Å²) in [6.45, 7) is 0.875. The summed E-state index contributed by atoms with van der Waals surface area (Å²) in [5.41, 5.74) is 0.972. The van der Waals surface area contributed by atoms with E-state index < -0.39 is 11.9 Å². The first-order chi connectivity index (χ1) is 9.47. The van der Waals surface area contributed by atoms with Crippen LogP contribution in [0.5, 0.6) is 0 Å². The minimum absolute atomic E-state index is 0.0196. The molecule has 0 aromatic carbocycles. The van der Waals surface area contributed by atoms with Crippen molar-refractivity contribution in [3.05, 3.63) is 20.3 Å². The second-order valence-electron chi connectivity index (χ2n) is 4.87. The number of aliphatic carboxylic acids is 1. The lowest BCUT2D eigenvalue weighted by molar-refractivity contribution is -0.141. The van der Waals surface area contributed by atoms with Gasteiger partial charge in [-0.3, -0.25) is 9.59 Å². The highest BCUT2D eigenvalue weighted by molar-refractivity contribution is 7.20. The molecule has 1 aromatic heterocycles. The Morgan fingerprint density at radius 1 is 1.45 bits per heavy atom. The number of rotatable bonds is 5. The van der Waals surface area contributed by atoms with Gasteiger partial charge >= 0.3 is 5.97 Å². The van der Waals surface area contributed by atoms with Crippen LogP contribution in [0.15, 0.2) is 6.07 Å². The maximum atomic E-state index is 12.0. The van der Waals surface area contributed by atoms with Gasteiger partial charge in [0.2, 0.25) is 5.91 Å². The number of thiophene rings is 1. The first-order valence-electron chi connectivity index (χ1n) is 6.41. The summed E-state index contributed by atoms with van der Waals surface area (Å²) in [7, 11) is 0. The quantitative estimate of drug-likeness (QED) is 0.897. The number of likely N-dealkylation sites (tertiary alicyclic amines) is 1. The maximum absolute atomic E-state index is 12.0. The normalized spacial score (nSPS) is 18.5. The van der Waals surface area contributed by atoms with E-state index in [2.05, 4.69) is 0 Å². The number of hydrogen-bond acceptors (Lipinski definition) is 3.